The summed E-state index contributed by atoms with van der Waals surface area (Å²) < 4.78 is 34.0. The van der Waals surface area contributed by atoms with Gasteiger partial charge in [0.2, 0.25) is 0 Å². The molecule has 0 saturated carbocycles. The summed E-state index contributed by atoms with van der Waals surface area (Å²) in [6.07, 6.45) is 6.99. The van der Waals surface area contributed by atoms with Gasteiger partial charge in [-0.2, -0.15) is 0 Å². The van der Waals surface area contributed by atoms with Crippen LogP contribution in [0.15, 0.2) is 72.8 Å². The monoisotopic (exact) mass is 576 g/mol. The maximum atomic E-state index is 12.8. The third kappa shape index (κ3) is 9.60. The molecule has 0 N–H and O–H groups in total. The second-order valence-corrected chi connectivity index (χ2v) is 10.7. The molecule has 1 unspecified atom stereocenters. The minimum Gasteiger partial charge on any atom is -0.494 e. The fourth-order valence-electron chi connectivity index (χ4n) is 4.43. The van der Waals surface area contributed by atoms with E-state index in [1.54, 1.807) is 72.8 Å². The Labute approximate surface area is 247 Å². The molecular weight excluding hydrogens is 536 g/mol. The van der Waals surface area contributed by atoms with Gasteiger partial charge in [-0.25, -0.2) is 9.59 Å². The topological polar surface area (TPSA) is 89.5 Å². The molecule has 1 saturated heterocycles. The Hall–Kier alpha value is -3.88. The quantitative estimate of drug-likeness (QED) is 0.105. The van der Waals surface area contributed by atoms with Crippen molar-refractivity contribution in [3.8, 4) is 23.0 Å². The highest BCUT2D eigenvalue weighted by Gasteiger charge is 2.33. The van der Waals surface area contributed by atoms with Crippen LogP contribution in [0.1, 0.15) is 80.0 Å². The normalized spacial score (nSPS) is 15.6. The Kier molecular flexibility index (Phi) is 11.4. The first-order valence-electron chi connectivity index (χ1n) is 14.6. The van der Waals surface area contributed by atoms with Gasteiger partial charge < -0.3 is 28.4 Å². The van der Waals surface area contributed by atoms with E-state index in [0.29, 0.717) is 35.8 Å². The van der Waals surface area contributed by atoms with E-state index in [4.69, 9.17) is 28.4 Å². The fourth-order valence-corrected chi connectivity index (χ4v) is 4.43. The molecule has 42 heavy (non-hydrogen) atoms. The molecule has 0 amide bonds. The molecule has 1 atom stereocenters. The fraction of sp³-hybridized carbons (Fsp3) is 0.412. The smallest absolute Gasteiger partial charge is 0.343 e. The Bertz CT molecular complexity index is 1280. The number of para-hydroxylation sites is 2. The van der Waals surface area contributed by atoms with Crippen LogP contribution in [-0.4, -0.2) is 43.7 Å². The minimum absolute atomic E-state index is 0.222. The number of rotatable bonds is 15. The van der Waals surface area contributed by atoms with Gasteiger partial charge in [-0.1, -0.05) is 51.2 Å². The Morgan fingerprint density at radius 1 is 0.738 bits per heavy atom. The van der Waals surface area contributed by atoms with Crippen LogP contribution in [-0.2, 0) is 9.47 Å². The zero-order valence-corrected chi connectivity index (χ0v) is 24.6. The molecular formula is C34H40O8. The van der Waals surface area contributed by atoms with E-state index in [2.05, 4.69) is 6.92 Å². The van der Waals surface area contributed by atoms with Crippen LogP contribution in [0.4, 0.5) is 0 Å². The summed E-state index contributed by atoms with van der Waals surface area (Å²) >= 11 is 0. The maximum absolute atomic E-state index is 12.8. The molecule has 3 aromatic carbocycles. The van der Waals surface area contributed by atoms with E-state index in [9.17, 15) is 9.59 Å². The number of benzene rings is 3. The molecule has 0 spiro atoms. The second kappa shape index (κ2) is 15.4. The highest BCUT2D eigenvalue weighted by Crippen LogP contribution is 2.29. The van der Waals surface area contributed by atoms with E-state index < -0.39 is 17.7 Å². The van der Waals surface area contributed by atoms with Gasteiger partial charge in [-0.15, -0.1) is 0 Å². The molecule has 8 nitrogen and oxygen atoms in total. The molecule has 0 aliphatic carbocycles. The van der Waals surface area contributed by atoms with E-state index in [0.717, 1.165) is 18.6 Å². The van der Waals surface area contributed by atoms with Crippen molar-refractivity contribution < 1.29 is 38.0 Å². The van der Waals surface area contributed by atoms with Crippen LogP contribution in [0.25, 0.3) is 0 Å². The summed E-state index contributed by atoms with van der Waals surface area (Å²) in [5, 5.41) is 0. The molecule has 1 aliphatic rings. The SMILES string of the molecule is CCCCCCCCOc1ccc(C(=O)Oc2ccc(C(=O)Oc3ccccc3OCC3COC(C)(C)O3)cc2)cc1. The molecule has 3 aromatic rings. The molecule has 0 radical (unpaired) electrons. The summed E-state index contributed by atoms with van der Waals surface area (Å²) in [6.45, 7) is 7.24. The molecule has 1 fully saturated rings. The van der Waals surface area contributed by atoms with Gasteiger partial charge in [0.15, 0.2) is 17.3 Å². The zero-order valence-electron chi connectivity index (χ0n) is 24.6. The molecule has 1 heterocycles. The Morgan fingerprint density at radius 3 is 1.98 bits per heavy atom. The predicted molar refractivity (Wildman–Crippen MR) is 159 cm³/mol. The van der Waals surface area contributed by atoms with Crippen molar-refractivity contribution in [1.29, 1.82) is 0 Å². The summed E-state index contributed by atoms with van der Waals surface area (Å²) in [5.74, 6) is 0.0255. The minimum atomic E-state index is -0.646. The lowest BCUT2D eigenvalue weighted by Crippen LogP contribution is -2.25. The van der Waals surface area contributed by atoms with Gasteiger partial charge in [0.25, 0.3) is 0 Å². The van der Waals surface area contributed by atoms with Crippen molar-refractivity contribution in [1.82, 2.24) is 0 Å². The number of hydrogen-bond acceptors (Lipinski definition) is 8. The highest BCUT2D eigenvalue weighted by atomic mass is 16.7. The van der Waals surface area contributed by atoms with E-state index in [-0.39, 0.29) is 18.5 Å². The van der Waals surface area contributed by atoms with Gasteiger partial charge in [-0.05, 0) is 80.9 Å². The first-order chi connectivity index (χ1) is 20.3. The van der Waals surface area contributed by atoms with Crippen LogP contribution in [0, 0.1) is 0 Å². The van der Waals surface area contributed by atoms with Crippen molar-refractivity contribution in [2.75, 3.05) is 19.8 Å². The van der Waals surface area contributed by atoms with Crippen LogP contribution < -0.4 is 18.9 Å². The summed E-state index contributed by atoms with van der Waals surface area (Å²) in [5.41, 5.74) is 0.700. The second-order valence-electron chi connectivity index (χ2n) is 10.7. The van der Waals surface area contributed by atoms with Crippen LogP contribution in [0.5, 0.6) is 23.0 Å². The van der Waals surface area contributed by atoms with Crippen LogP contribution in [0.2, 0.25) is 0 Å². The highest BCUT2D eigenvalue weighted by molar-refractivity contribution is 5.93. The first kappa shape index (κ1) is 31.1. The number of unbranched alkanes of at least 4 members (excludes halogenated alkanes) is 5. The molecule has 4 rings (SSSR count). The van der Waals surface area contributed by atoms with E-state index in [1.165, 1.54) is 25.7 Å². The van der Waals surface area contributed by atoms with E-state index in [1.807, 2.05) is 13.8 Å². The first-order valence-corrected chi connectivity index (χ1v) is 14.6. The molecule has 224 valence electrons. The lowest BCUT2D eigenvalue weighted by atomic mass is 10.1. The van der Waals surface area contributed by atoms with Crippen molar-refractivity contribution in [2.45, 2.75) is 71.2 Å². The van der Waals surface area contributed by atoms with Gasteiger partial charge in [-0.3, -0.25) is 0 Å². The lowest BCUT2D eigenvalue weighted by Gasteiger charge is -2.18. The molecule has 0 aromatic heterocycles. The summed E-state index contributed by atoms with van der Waals surface area (Å²) in [4.78, 5) is 25.4. The summed E-state index contributed by atoms with van der Waals surface area (Å²) in [6, 6.07) is 20.0. The molecule has 8 heteroatoms. The van der Waals surface area contributed by atoms with Crippen LogP contribution >= 0.6 is 0 Å². The number of ether oxygens (including phenoxy) is 6. The molecule has 0 bridgehead atoms. The Balaban J connectivity index is 1.24. The number of carbonyl (C=O) groups is 2. The van der Waals surface area contributed by atoms with Crippen molar-refractivity contribution in [3.63, 3.8) is 0 Å². The van der Waals surface area contributed by atoms with Crippen molar-refractivity contribution >= 4 is 11.9 Å². The number of carbonyl (C=O) groups excluding carboxylic acids is 2. The lowest BCUT2D eigenvalue weighted by molar-refractivity contribution is -0.141. The van der Waals surface area contributed by atoms with Crippen molar-refractivity contribution in [2.24, 2.45) is 0 Å². The number of esters is 2. The van der Waals surface area contributed by atoms with Gasteiger partial charge in [0, 0.05) is 0 Å². The van der Waals surface area contributed by atoms with Gasteiger partial charge >= 0.3 is 11.9 Å². The van der Waals surface area contributed by atoms with Gasteiger partial charge in [0.1, 0.15) is 24.2 Å². The standard InChI is InChI=1S/C34H40O8/c1-4-5-6-7-8-11-22-37-27-18-14-25(15-19-27)32(35)40-28-20-16-26(17-21-28)33(36)41-31-13-10-9-12-30(31)38-23-29-24-39-34(2,3)42-29/h9-10,12-21,29H,4-8,11,22-24H2,1-3H3. The van der Waals surface area contributed by atoms with Crippen LogP contribution in [0.3, 0.4) is 0 Å². The predicted octanol–water partition coefficient (Wildman–Crippen LogP) is 7.39. The average Bonchev–Trinajstić information content (AvgIpc) is 3.35. The average molecular weight is 577 g/mol. The third-order valence-corrected chi connectivity index (χ3v) is 6.70. The zero-order chi connectivity index (χ0) is 29.8. The van der Waals surface area contributed by atoms with E-state index >= 15 is 0 Å². The summed E-state index contributed by atoms with van der Waals surface area (Å²) in [7, 11) is 0. The largest absolute Gasteiger partial charge is 0.494 e. The van der Waals surface area contributed by atoms with Gasteiger partial charge in [0.05, 0.1) is 24.3 Å². The van der Waals surface area contributed by atoms with Crippen molar-refractivity contribution in [3.05, 3.63) is 83.9 Å². The molecule has 1 aliphatic heterocycles. The Morgan fingerprint density at radius 2 is 1.33 bits per heavy atom. The third-order valence-electron chi connectivity index (χ3n) is 6.70. The number of hydrogen-bond donors (Lipinski definition) is 0. The maximum Gasteiger partial charge on any atom is 0.343 e.